The van der Waals surface area contributed by atoms with Gasteiger partial charge in [0.05, 0.1) is 5.69 Å². The zero-order valence-electron chi connectivity index (χ0n) is 6.41. The monoisotopic (exact) mass is 158 g/mol. The van der Waals surface area contributed by atoms with Gasteiger partial charge in [0.1, 0.15) is 0 Å². The van der Waals surface area contributed by atoms with Crippen LogP contribution >= 0.6 is 0 Å². The standard InChI is InChI=1S/C9H8N3/c10-9-6-8(11-12-9)7-4-2-1-3-5-7/h1-6,10H,(H,11,12). The van der Waals surface area contributed by atoms with Crippen LogP contribution in [0.3, 0.4) is 0 Å². The molecule has 1 aromatic carbocycles. The highest BCUT2D eigenvalue weighted by Gasteiger charge is 1.98. The minimum atomic E-state index is 0.272. The number of nitrogens with one attached hydrogen (secondary N) is 2. The molecule has 59 valence electrons. The van der Waals surface area contributed by atoms with Gasteiger partial charge in [0.25, 0.3) is 0 Å². The summed E-state index contributed by atoms with van der Waals surface area (Å²) < 4.78 is 0. The van der Waals surface area contributed by atoms with Gasteiger partial charge in [-0.3, -0.25) is 10.8 Å². The molecule has 1 aromatic heterocycles. The number of H-pyrrole nitrogens is 1. The lowest BCUT2D eigenvalue weighted by molar-refractivity contribution is 1.08. The van der Waals surface area contributed by atoms with Crippen molar-refractivity contribution in [3.63, 3.8) is 0 Å². The molecule has 3 nitrogen and oxygen atoms in total. The number of nitrogens with zero attached hydrogens (tertiary/aromatic N) is 1. The number of aromatic nitrogens is 2. The van der Waals surface area contributed by atoms with Gasteiger partial charge in [-0.25, -0.2) is 0 Å². The predicted octanol–water partition coefficient (Wildman–Crippen LogP) is 1.99. The van der Waals surface area contributed by atoms with Crippen LogP contribution in [-0.2, 0) is 0 Å². The molecule has 0 fully saturated rings. The first-order chi connectivity index (χ1) is 5.86. The molecular weight excluding hydrogens is 150 g/mol. The Morgan fingerprint density at radius 3 is 2.50 bits per heavy atom. The Balaban J connectivity index is 2.45. The average molecular weight is 158 g/mol. The van der Waals surface area contributed by atoms with E-state index in [1.165, 1.54) is 0 Å². The highest BCUT2D eigenvalue weighted by molar-refractivity contribution is 5.60. The molecule has 0 saturated carbocycles. The second-order valence-electron chi connectivity index (χ2n) is 2.53. The minimum absolute atomic E-state index is 0.272. The molecule has 0 aliphatic carbocycles. The molecule has 0 saturated heterocycles. The number of hydrogen-bond acceptors (Lipinski definition) is 1. The lowest BCUT2D eigenvalue weighted by atomic mass is 10.2. The second kappa shape index (κ2) is 2.70. The first-order valence-electron chi connectivity index (χ1n) is 3.69. The van der Waals surface area contributed by atoms with Gasteiger partial charge < -0.3 is 0 Å². The fourth-order valence-electron chi connectivity index (χ4n) is 1.09. The molecule has 0 bridgehead atoms. The zero-order chi connectivity index (χ0) is 8.39. The summed E-state index contributed by atoms with van der Waals surface area (Å²) in [6.45, 7) is 0. The van der Waals surface area contributed by atoms with E-state index in [9.17, 15) is 0 Å². The lowest BCUT2D eigenvalue weighted by Gasteiger charge is -1.93. The molecule has 0 atom stereocenters. The van der Waals surface area contributed by atoms with E-state index in [1.54, 1.807) is 6.07 Å². The highest BCUT2D eigenvalue weighted by atomic mass is 15.2. The Morgan fingerprint density at radius 2 is 1.92 bits per heavy atom. The average Bonchev–Trinajstić information content (AvgIpc) is 2.54. The normalized spacial score (nSPS) is 10.0. The first-order valence-corrected chi connectivity index (χ1v) is 3.69. The Morgan fingerprint density at radius 1 is 1.17 bits per heavy atom. The molecule has 0 spiro atoms. The van der Waals surface area contributed by atoms with Crippen LogP contribution in [0.1, 0.15) is 0 Å². The predicted molar refractivity (Wildman–Crippen MR) is 46.8 cm³/mol. The van der Waals surface area contributed by atoms with Crippen molar-refractivity contribution in [3.05, 3.63) is 36.4 Å². The van der Waals surface area contributed by atoms with Gasteiger partial charge in [-0.15, -0.1) is 0 Å². The molecule has 12 heavy (non-hydrogen) atoms. The van der Waals surface area contributed by atoms with Crippen molar-refractivity contribution in [3.8, 4) is 11.3 Å². The maximum atomic E-state index is 7.22. The smallest absolute Gasteiger partial charge is 0.166 e. The number of benzene rings is 1. The Hall–Kier alpha value is -1.77. The summed E-state index contributed by atoms with van der Waals surface area (Å²) in [6.07, 6.45) is 0. The summed E-state index contributed by atoms with van der Waals surface area (Å²) in [5, 5.41) is 6.52. The summed E-state index contributed by atoms with van der Waals surface area (Å²) in [6, 6.07) is 11.5. The summed E-state index contributed by atoms with van der Waals surface area (Å²) in [7, 11) is 0. The molecular formula is C9H8N3. The van der Waals surface area contributed by atoms with Crippen molar-refractivity contribution in [2.24, 2.45) is 0 Å². The van der Waals surface area contributed by atoms with E-state index in [1.807, 2.05) is 30.3 Å². The van der Waals surface area contributed by atoms with Crippen LogP contribution in [0.25, 0.3) is 11.3 Å². The van der Waals surface area contributed by atoms with Crippen LogP contribution in [0.5, 0.6) is 0 Å². The van der Waals surface area contributed by atoms with Crippen LogP contribution in [0.4, 0.5) is 5.82 Å². The van der Waals surface area contributed by atoms with Gasteiger partial charge in [-0.1, -0.05) is 30.3 Å². The molecule has 1 radical (unpaired) electrons. The molecule has 0 amide bonds. The maximum absolute atomic E-state index is 7.22. The Kier molecular flexibility index (Phi) is 1.55. The molecule has 0 aliphatic heterocycles. The quantitative estimate of drug-likeness (QED) is 0.677. The van der Waals surface area contributed by atoms with Crippen LogP contribution in [0, 0.1) is 0 Å². The second-order valence-corrected chi connectivity index (χ2v) is 2.53. The van der Waals surface area contributed by atoms with Gasteiger partial charge in [-0.2, -0.15) is 5.10 Å². The highest BCUT2D eigenvalue weighted by Crippen LogP contribution is 2.17. The van der Waals surface area contributed by atoms with Gasteiger partial charge in [0, 0.05) is 6.07 Å². The van der Waals surface area contributed by atoms with Crippen molar-refractivity contribution in [1.82, 2.24) is 15.9 Å². The largest absolute Gasteiger partial charge is 0.281 e. The molecule has 2 aromatic rings. The lowest BCUT2D eigenvalue weighted by Crippen LogP contribution is -1.75. The molecule has 3 heteroatoms. The Labute approximate surface area is 70.2 Å². The fraction of sp³-hybridized carbons (Fsp3) is 0. The molecule has 2 N–H and O–H groups in total. The third-order valence-corrected chi connectivity index (χ3v) is 1.66. The van der Waals surface area contributed by atoms with E-state index in [-0.39, 0.29) is 5.82 Å². The van der Waals surface area contributed by atoms with Gasteiger partial charge in [0.2, 0.25) is 0 Å². The molecule has 1 heterocycles. The molecule has 2 rings (SSSR count). The summed E-state index contributed by atoms with van der Waals surface area (Å²) in [5.41, 5.74) is 9.17. The fourth-order valence-corrected chi connectivity index (χ4v) is 1.09. The van der Waals surface area contributed by atoms with E-state index in [2.05, 4.69) is 10.2 Å². The van der Waals surface area contributed by atoms with E-state index in [4.69, 9.17) is 5.73 Å². The van der Waals surface area contributed by atoms with Crippen molar-refractivity contribution in [2.75, 3.05) is 0 Å². The maximum Gasteiger partial charge on any atom is 0.166 e. The first kappa shape index (κ1) is 6.91. The summed E-state index contributed by atoms with van der Waals surface area (Å²) >= 11 is 0. The SMILES string of the molecule is [NH]c1cc(-c2ccccc2)[nH]n1. The van der Waals surface area contributed by atoms with Crippen LogP contribution in [-0.4, -0.2) is 10.2 Å². The number of aromatic amines is 1. The van der Waals surface area contributed by atoms with Crippen LogP contribution < -0.4 is 5.73 Å². The van der Waals surface area contributed by atoms with E-state index in [0.717, 1.165) is 11.3 Å². The van der Waals surface area contributed by atoms with Crippen molar-refractivity contribution >= 4 is 5.82 Å². The van der Waals surface area contributed by atoms with Gasteiger partial charge in [-0.05, 0) is 5.56 Å². The van der Waals surface area contributed by atoms with Crippen LogP contribution in [0.2, 0.25) is 0 Å². The van der Waals surface area contributed by atoms with E-state index < -0.39 is 0 Å². The Bertz CT molecular complexity index is 364. The van der Waals surface area contributed by atoms with Crippen LogP contribution in [0.15, 0.2) is 36.4 Å². The van der Waals surface area contributed by atoms with Gasteiger partial charge >= 0.3 is 0 Å². The summed E-state index contributed by atoms with van der Waals surface area (Å²) in [5.74, 6) is 0.272. The minimum Gasteiger partial charge on any atom is -0.281 e. The van der Waals surface area contributed by atoms with E-state index >= 15 is 0 Å². The topological polar surface area (TPSA) is 52.5 Å². The van der Waals surface area contributed by atoms with Crippen molar-refractivity contribution in [1.29, 1.82) is 0 Å². The third kappa shape index (κ3) is 1.16. The van der Waals surface area contributed by atoms with Crippen molar-refractivity contribution < 1.29 is 0 Å². The number of rotatable bonds is 1. The summed E-state index contributed by atoms with van der Waals surface area (Å²) in [4.78, 5) is 0. The number of hydrogen-bond donors (Lipinski definition) is 1. The molecule has 0 aliphatic rings. The van der Waals surface area contributed by atoms with E-state index in [0.29, 0.717) is 0 Å². The zero-order valence-corrected chi connectivity index (χ0v) is 6.41. The molecule has 0 unspecified atom stereocenters. The van der Waals surface area contributed by atoms with Gasteiger partial charge in [0.15, 0.2) is 5.82 Å². The third-order valence-electron chi connectivity index (χ3n) is 1.66. The van der Waals surface area contributed by atoms with Crippen molar-refractivity contribution in [2.45, 2.75) is 0 Å².